The third-order valence-corrected chi connectivity index (χ3v) is 3.57. The molecule has 0 bridgehead atoms. The van der Waals surface area contributed by atoms with Crippen molar-refractivity contribution in [2.24, 2.45) is 23.2 Å². The monoisotopic (exact) mass is 196 g/mol. The van der Waals surface area contributed by atoms with Crippen LogP contribution in [0.15, 0.2) is 12.2 Å². The Bertz CT molecular complexity index is 205. The van der Waals surface area contributed by atoms with Crippen LogP contribution in [0.1, 0.15) is 40.5 Å². The fraction of sp³-hybridized carbons (Fsp3) is 0.846. The minimum absolute atomic E-state index is 0.0817. The Hall–Kier alpha value is -0.300. The minimum Gasteiger partial charge on any atom is -0.396 e. The zero-order valence-corrected chi connectivity index (χ0v) is 9.96. The smallest absolute Gasteiger partial charge is 0.0482 e. The predicted octanol–water partition coefficient (Wildman–Crippen LogP) is 3.24. The van der Waals surface area contributed by atoms with Crippen LogP contribution in [0.4, 0.5) is 0 Å². The molecule has 1 N–H and O–H groups in total. The molecular weight excluding hydrogens is 172 g/mol. The quantitative estimate of drug-likeness (QED) is 0.687. The van der Waals surface area contributed by atoms with E-state index in [1.54, 1.807) is 0 Å². The summed E-state index contributed by atoms with van der Waals surface area (Å²) in [7, 11) is 0. The van der Waals surface area contributed by atoms with Gasteiger partial charge in [-0.05, 0) is 36.0 Å². The fourth-order valence-electron chi connectivity index (χ4n) is 2.43. The molecule has 14 heavy (non-hydrogen) atoms. The number of aliphatic hydroxyl groups excluding tert-OH is 1. The Morgan fingerprint density at radius 1 is 1.36 bits per heavy atom. The molecule has 1 rings (SSSR count). The molecule has 1 heteroatoms. The molecule has 0 saturated heterocycles. The van der Waals surface area contributed by atoms with Gasteiger partial charge in [-0.25, -0.2) is 0 Å². The molecule has 0 aromatic heterocycles. The lowest BCUT2D eigenvalue weighted by atomic mass is 9.70. The maximum atomic E-state index is 9.28. The molecule has 0 fully saturated rings. The summed E-state index contributed by atoms with van der Waals surface area (Å²) in [6, 6.07) is 0. The average molecular weight is 196 g/mol. The van der Waals surface area contributed by atoms with Crippen LogP contribution in [0, 0.1) is 23.2 Å². The summed E-state index contributed by atoms with van der Waals surface area (Å²) in [6.07, 6.45) is 6.97. The lowest BCUT2D eigenvalue weighted by Crippen LogP contribution is -2.29. The summed E-state index contributed by atoms with van der Waals surface area (Å²) < 4.78 is 0. The van der Waals surface area contributed by atoms with Crippen molar-refractivity contribution >= 4 is 0 Å². The van der Waals surface area contributed by atoms with Gasteiger partial charge in [-0.2, -0.15) is 0 Å². The molecule has 0 aromatic carbocycles. The highest BCUT2D eigenvalue weighted by molar-refractivity contribution is 4.98. The summed E-state index contributed by atoms with van der Waals surface area (Å²) in [5.74, 6) is 2.17. The van der Waals surface area contributed by atoms with Crippen molar-refractivity contribution in [2.75, 3.05) is 6.61 Å². The van der Waals surface area contributed by atoms with Crippen molar-refractivity contribution in [1.29, 1.82) is 0 Å². The van der Waals surface area contributed by atoms with E-state index < -0.39 is 0 Å². The Labute approximate surface area is 88.2 Å². The van der Waals surface area contributed by atoms with Gasteiger partial charge in [-0.3, -0.25) is 0 Å². The molecule has 0 aromatic rings. The normalized spacial score (nSPS) is 33.4. The van der Waals surface area contributed by atoms with E-state index in [1.807, 2.05) is 0 Å². The van der Waals surface area contributed by atoms with Crippen molar-refractivity contribution in [3.8, 4) is 0 Å². The van der Waals surface area contributed by atoms with Crippen LogP contribution in [0.3, 0.4) is 0 Å². The molecule has 0 saturated carbocycles. The van der Waals surface area contributed by atoms with Crippen LogP contribution >= 0.6 is 0 Å². The summed E-state index contributed by atoms with van der Waals surface area (Å²) in [6.45, 7) is 9.24. The maximum Gasteiger partial charge on any atom is 0.0482 e. The van der Waals surface area contributed by atoms with Gasteiger partial charge >= 0.3 is 0 Å². The minimum atomic E-state index is 0.0817. The van der Waals surface area contributed by atoms with E-state index >= 15 is 0 Å². The van der Waals surface area contributed by atoms with E-state index in [2.05, 4.69) is 39.8 Å². The van der Waals surface area contributed by atoms with Crippen LogP contribution in [-0.4, -0.2) is 11.7 Å². The van der Waals surface area contributed by atoms with Gasteiger partial charge in [-0.15, -0.1) is 0 Å². The summed E-state index contributed by atoms with van der Waals surface area (Å²) >= 11 is 0. The standard InChI is InChI=1S/C13H24O/c1-10-6-5-7-11(2)12(10)8-13(3,4)9-14/h5-6,10-12,14H,7-9H2,1-4H3. The number of allylic oxidation sites excluding steroid dienone is 2. The third kappa shape index (κ3) is 2.84. The molecule has 82 valence electrons. The molecule has 1 aliphatic carbocycles. The Kier molecular flexibility index (Phi) is 3.77. The highest BCUT2D eigenvalue weighted by atomic mass is 16.3. The Morgan fingerprint density at radius 2 is 2.00 bits per heavy atom. The van der Waals surface area contributed by atoms with E-state index in [4.69, 9.17) is 0 Å². The summed E-state index contributed by atoms with van der Waals surface area (Å²) in [5, 5.41) is 9.28. The van der Waals surface area contributed by atoms with Gasteiger partial charge in [-0.1, -0.05) is 39.8 Å². The first kappa shape index (κ1) is 11.8. The molecule has 0 amide bonds. The predicted molar refractivity (Wildman–Crippen MR) is 61.1 cm³/mol. The van der Waals surface area contributed by atoms with Crippen LogP contribution in [-0.2, 0) is 0 Å². The van der Waals surface area contributed by atoms with Crippen LogP contribution in [0.5, 0.6) is 0 Å². The molecule has 0 radical (unpaired) electrons. The highest BCUT2D eigenvalue weighted by Gasteiger charge is 2.30. The van der Waals surface area contributed by atoms with E-state index in [0.29, 0.717) is 12.5 Å². The summed E-state index contributed by atoms with van der Waals surface area (Å²) in [4.78, 5) is 0. The molecule has 0 spiro atoms. The zero-order chi connectivity index (χ0) is 10.8. The maximum absolute atomic E-state index is 9.28. The Morgan fingerprint density at radius 3 is 2.50 bits per heavy atom. The van der Waals surface area contributed by atoms with Crippen molar-refractivity contribution in [2.45, 2.75) is 40.5 Å². The van der Waals surface area contributed by atoms with Gasteiger partial charge in [0, 0.05) is 6.61 Å². The number of hydrogen-bond donors (Lipinski definition) is 1. The first-order valence-corrected chi connectivity index (χ1v) is 5.74. The third-order valence-electron chi connectivity index (χ3n) is 3.57. The van der Waals surface area contributed by atoms with Gasteiger partial charge in [0.15, 0.2) is 0 Å². The molecule has 3 unspecified atom stereocenters. The molecular formula is C13H24O. The second-order valence-corrected chi connectivity index (χ2v) is 5.69. The number of rotatable bonds is 3. The van der Waals surface area contributed by atoms with Crippen LogP contribution in [0.2, 0.25) is 0 Å². The van der Waals surface area contributed by atoms with Gasteiger partial charge < -0.3 is 5.11 Å². The fourth-order valence-corrected chi connectivity index (χ4v) is 2.43. The largest absolute Gasteiger partial charge is 0.396 e. The van der Waals surface area contributed by atoms with E-state index in [9.17, 15) is 5.11 Å². The lowest BCUT2D eigenvalue weighted by Gasteiger charge is -2.36. The zero-order valence-electron chi connectivity index (χ0n) is 9.96. The van der Waals surface area contributed by atoms with E-state index in [0.717, 1.165) is 18.3 Å². The molecule has 0 aliphatic heterocycles. The first-order valence-electron chi connectivity index (χ1n) is 5.74. The Balaban J connectivity index is 2.62. The van der Waals surface area contributed by atoms with Gasteiger partial charge in [0.2, 0.25) is 0 Å². The topological polar surface area (TPSA) is 20.2 Å². The average Bonchev–Trinajstić information content (AvgIpc) is 2.12. The van der Waals surface area contributed by atoms with Gasteiger partial charge in [0.05, 0.1) is 0 Å². The van der Waals surface area contributed by atoms with E-state index in [1.165, 1.54) is 6.42 Å². The molecule has 1 aliphatic rings. The molecule has 3 atom stereocenters. The second kappa shape index (κ2) is 4.48. The van der Waals surface area contributed by atoms with Gasteiger partial charge in [0.25, 0.3) is 0 Å². The SMILES string of the molecule is CC1C=CCC(C)C1CC(C)(C)CO. The number of aliphatic hydroxyl groups is 1. The van der Waals surface area contributed by atoms with Crippen LogP contribution in [0.25, 0.3) is 0 Å². The van der Waals surface area contributed by atoms with Crippen LogP contribution < -0.4 is 0 Å². The van der Waals surface area contributed by atoms with Gasteiger partial charge in [0.1, 0.15) is 0 Å². The second-order valence-electron chi connectivity index (χ2n) is 5.69. The van der Waals surface area contributed by atoms with Crippen molar-refractivity contribution < 1.29 is 5.11 Å². The van der Waals surface area contributed by atoms with E-state index in [-0.39, 0.29) is 5.41 Å². The highest BCUT2D eigenvalue weighted by Crippen LogP contribution is 2.38. The summed E-state index contributed by atoms with van der Waals surface area (Å²) in [5.41, 5.74) is 0.0817. The molecule has 1 nitrogen and oxygen atoms in total. The molecule has 0 heterocycles. The number of hydrogen-bond acceptors (Lipinski definition) is 1. The first-order chi connectivity index (χ1) is 6.46. The van der Waals surface area contributed by atoms with Crippen molar-refractivity contribution in [3.05, 3.63) is 12.2 Å². The van der Waals surface area contributed by atoms with Crippen molar-refractivity contribution in [3.63, 3.8) is 0 Å². The lowest BCUT2D eigenvalue weighted by molar-refractivity contribution is 0.100. The van der Waals surface area contributed by atoms with Crippen molar-refractivity contribution in [1.82, 2.24) is 0 Å².